The van der Waals surface area contributed by atoms with Crippen LogP contribution in [0, 0.1) is 5.82 Å². The highest BCUT2D eigenvalue weighted by molar-refractivity contribution is 7.86. The standard InChI is InChI=1S/C34H31FN2O5S/c1-37-29-17-8-6-15-27(29)33(38)31(34(37)39)30(23-12-9-13-24(35)20-23)32-26(25-14-5-7-16-28(25)36-32)18-19-42-43(40,41)21-22-10-3-2-4-11-22/h3,5-17,20,30,36,38H,2,4,18-19,21H2,1H3. The number of hydrogen-bond donors (Lipinski definition) is 2. The van der Waals surface area contributed by atoms with Crippen LogP contribution >= 0.6 is 0 Å². The van der Waals surface area contributed by atoms with E-state index >= 15 is 0 Å². The third kappa shape index (κ3) is 5.66. The molecule has 220 valence electrons. The largest absolute Gasteiger partial charge is 0.507 e. The van der Waals surface area contributed by atoms with Crippen molar-refractivity contribution in [2.75, 3.05) is 12.4 Å². The number of nitrogens with one attached hydrogen (secondary N) is 1. The molecule has 6 rings (SSSR count). The van der Waals surface area contributed by atoms with Gasteiger partial charge in [0.05, 0.1) is 23.6 Å². The second kappa shape index (κ2) is 11.7. The molecular weight excluding hydrogens is 567 g/mol. The van der Waals surface area contributed by atoms with Crippen molar-refractivity contribution in [3.8, 4) is 5.75 Å². The zero-order valence-corrected chi connectivity index (χ0v) is 24.4. The van der Waals surface area contributed by atoms with Crippen LogP contribution in [0.5, 0.6) is 5.75 Å². The molecule has 0 fully saturated rings. The monoisotopic (exact) mass is 598 g/mol. The predicted molar refractivity (Wildman–Crippen MR) is 166 cm³/mol. The first-order chi connectivity index (χ1) is 20.7. The van der Waals surface area contributed by atoms with Gasteiger partial charge in [0.2, 0.25) is 0 Å². The lowest BCUT2D eigenvalue weighted by Crippen LogP contribution is -2.25. The summed E-state index contributed by atoms with van der Waals surface area (Å²) in [5.41, 5.74) is 3.40. The molecule has 2 aromatic heterocycles. The van der Waals surface area contributed by atoms with Crippen LogP contribution in [0.2, 0.25) is 0 Å². The third-order valence-corrected chi connectivity index (χ3v) is 9.16. The average Bonchev–Trinajstić information content (AvgIpc) is 3.36. The van der Waals surface area contributed by atoms with Crippen LogP contribution in [-0.4, -0.2) is 35.4 Å². The number of aromatic hydroxyl groups is 1. The summed E-state index contributed by atoms with van der Waals surface area (Å²) in [5, 5.41) is 12.9. The van der Waals surface area contributed by atoms with Crippen molar-refractivity contribution in [3.05, 3.63) is 135 Å². The molecule has 0 aliphatic heterocycles. The lowest BCUT2D eigenvalue weighted by molar-refractivity contribution is 0.323. The third-order valence-electron chi connectivity index (χ3n) is 7.95. The molecule has 0 spiro atoms. The van der Waals surface area contributed by atoms with Gasteiger partial charge in [0, 0.05) is 29.0 Å². The number of H-pyrrole nitrogens is 1. The van der Waals surface area contributed by atoms with E-state index in [2.05, 4.69) is 4.98 Å². The highest BCUT2D eigenvalue weighted by atomic mass is 32.2. The Morgan fingerprint density at radius 1 is 1.02 bits per heavy atom. The number of benzene rings is 3. The molecule has 0 saturated carbocycles. The SMILES string of the molecule is Cn1c(=O)c(C(c2cccc(F)c2)c2[nH]c3ccccc3c2CCOS(=O)(=O)CC2=CCCC=C2)c(O)c2ccccc21. The maximum Gasteiger partial charge on any atom is 0.271 e. The van der Waals surface area contributed by atoms with Crippen molar-refractivity contribution in [2.45, 2.75) is 25.2 Å². The predicted octanol–water partition coefficient (Wildman–Crippen LogP) is 6.21. The normalized spacial score (nSPS) is 14.3. The number of aryl methyl sites for hydroxylation is 1. The quantitative estimate of drug-likeness (QED) is 0.197. The van der Waals surface area contributed by atoms with Gasteiger partial charge in [-0.3, -0.25) is 8.98 Å². The fourth-order valence-corrected chi connectivity index (χ4v) is 7.00. The van der Waals surface area contributed by atoms with Crippen molar-refractivity contribution in [2.24, 2.45) is 7.05 Å². The maximum atomic E-state index is 14.7. The molecule has 43 heavy (non-hydrogen) atoms. The van der Waals surface area contributed by atoms with Crippen LogP contribution in [-0.2, 0) is 27.8 Å². The number of aromatic nitrogens is 2. The maximum absolute atomic E-state index is 14.7. The summed E-state index contributed by atoms with van der Waals surface area (Å²) < 4.78 is 47.2. The van der Waals surface area contributed by atoms with Crippen molar-refractivity contribution >= 4 is 31.9 Å². The van der Waals surface area contributed by atoms with E-state index in [0.717, 1.165) is 23.7 Å². The van der Waals surface area contributed by atoms with Crippen molar-refractivity contribution in [3.63, 3.8) is 0 Å². The van der Waals surface area contributed by atoms with Gasteiger partial charge in [-0.15, -0.1) is 0 Å². The minimum absolute atomic E-state index is 0.0872. The van der Waals surface area contributed by atoms with E-state index in [1.807, 2.05) is 42.5 Å². The second-order valence-corrected chi connectivity index (χ2v) is 12.4. The molecule has 0 saturated heterocycles. The van der Waals surface area contributed by atoms with Gasteiger partial charge in [-0.05, 0) is 66.3 Å². The van der Waals surface area contributed by atoms with Gasteiger partial charge in [-0.1, -0.05) is 60.7 Å². The molecule has 9 heteroatoms. The molecule has 3 aromatic carbocycles. The van der Waals surface area contributed by atoms with Crippen molar-refractivity contribution in [1.29, 1.82) is 0 Å². The molecule has 1 atom stereocenters. The van der Waals surface area contributed by atoms with Crippen LogP contribution in [0.1, 0.15) is 41.1 Å². The Morgan fingerprint density at radius 2 is 1.79 bits per heavy atom. The lowest BCUT2D eigenvalue weighted by Gasteiger charge is -2.22. The number of nitrogens with zero attached hydrogens (tertiary/aromatic N) is 1. The highest BCUT2D eigenvalue weighted by Gasteiger charge is 2.30. The number of hydrogen-bond acceptors (Lipinski definition) is 5. The van der Waals surface area contributed by atoms with Gasteiger partial charge in [0.1, 0.15) is 17.3 Å². The summed E-state index contributed by atoms with van der Waals surface area (Å²) in [5.74, 6) is -1.78. The Labute approximate surface area is 248 Å². The van der Waals surface area contributed by atoms with E-state index in [9.17, 15) is 22.7 Å². The summed E-state index contributed by atoms with van der Waals surface area (Å²) >= 11 is 0. The van der Waals surface area contributed by atoms with E-state index in [0.29, 0.717) is 33.3 Å². The van der Waals surface area contributed by atoms with Gasteiger partial charge in [-0.25, -0.2) is 4.39 Å². The van der Waals surface area contributed by atoms with Crippen molar-refractivity contribution < 1.29 is 22.1 Å². The number of aromatic amines is 1. The zero-order chi connectivity index (χ0) is 30.1. The number of halogens is 1. The first-order valence-corrected chi connectivity index (χ1v) is 15.7. The van der Waals surface area contributed by atoms with Gasteiger partial charge in [0.25, 0.3) is 15.7 Å². The van der Waals surface area contributed by atoms with Crippen LogP contribution in [0.15, 0.2) is 101 Å². The molecule has 0 radical (unpaired) electrons. The van der Waals surface area contributed by atoms with Crippen LogP contribution < -0.4 is 5.56 Å². The number of rotatable bonds is 9. The molecule has 0 amide bonds. The Bertz CT molecular complexity index is 2070. The fraction of sp³-hybridized carbons (Fsp3) is 0.206. The summed E-state index contributed by atoms with van der Waals surface area (Å²) in [7, 11) is -2.21. The lowest BCUT2D eigenvalue weighted by atomic mass is 9.85. The number of allylic oxidation sites excluding steroid dienone is 3. The van der Waals surface area contributed by atoms with E-state index in [1.165, 1.54) is 16.7 Å². The molecule has 0 bridgehead atoms. The minimum Gasteiger partial charge on any atom is -0.507 e. The van der Waals surface area contributed by atoms with E-state index < -0.39 is 27.4 Å². The van der Waals surface area contributed by atoms with Gasteiger partial charge in [-0.2, -0.15) is 8.42 Å². The summed E-state index contributed by atoms with van der Waals surface area (Å²) in [6.45, 7) is -0.133. The Morgan fingerprint density at radius 3 is 2.56 bits per heavy atom. The van der Waals surface area contributed by atoms with Gasteiger partial charge >= 0.3 is 0 Å². The molecule has 5 aromatic rings. The first kappa shape index (κ1) is 28.6. The van der Waals surface area contributed by atoms with E-state index in [1.54, 1.807) is 43.4 Å². The Kier molecular flexibility index (Phi) is 7.77. The topological polar surface area (TPSA) is 101 Å². The zero-order valence-electron chi connectivity index (χ0n) is 23.6. The molecule has 2 heterocycles. The summed E-state index contributed by atoms with van der Waals surface area (Å²) in [6, 6.07) is 20.5. The van der Waals surface area contributed by atoms with E-state index in [4.69, 9.17) is 4.18 Å². The Hall–Kier alpha value is -4.47. The molecule has 1 aliphatic rings. The van der Waals surface area contributed by atoms with Crippen LogP contribution in [0.4, 0.5) is 4.39 Å². The number of fused-ring (bicyclic) bond motifs is 2. The summed E-state index contributed by atoms with van der Waals surface area (Å²) in [6.07, 6.45) is 7.52. The molecule has 7 nitrogen and oxygen atoms in total. The van der Waals surface area contributed by atoms with Crippen LogP contribution in [0.3, 0.4) is 0 Å². The number of pyridine rings is 1. The molecule has 2 N–H and O–H groups in total. The van der Waals surface area contributed by atoms with E-state index in [-0.39, 0.29) is 30.1 Å². The average molecular weight is 599 g/mol. The Balaban J connectivity index is 1.48. The highest BCUT2D eigenvalue weighted by Crippen LogP contribution is 2.41. The summed E-state index contributed by atoms with van der Waals surface area (Å²) in [4.78, 5) is 17.3. The van der Waals surface area contributed by atoms with Gasteiger partial charge < -0.3 is 14.7 Å². The van der Waals surface area contributed by atoms with Crippen LogP contribution in [0.25, 0.3) is 21.8 Å². The smallest absolute Gasteiger partial charge is 0.271 e. The fourth-order valence-electron chi connectivity index (χ4n) is 5.95. The van der Waals surface area contributed by atoms with Crippen molar-refractivity contribution in [1.82, 2.24) is 9.55 Å². The molecule has 1 unspecified atom stereocenters. The molecule has 1 aliphatic carbocycles. The first-order valence-electron chi connectivity index (χ1n) is 14.1. The molecular formula is C34H31FN2O5S. The second-order valence-electron chi connectivity index (χ2n) is 10.7. The van der Waals surface area contributed by atoms with Gasteiger partial charge in [0.15, 0.2) is 0 Å². The minimum atomic E-state index is -3.85. The number of para-hydroxylation sites is 2.